The van der Waals surface area contributed by atoms with Gasteiger partial charge >= 0.3 is 0 Å². The maximum Gasteiger partial charge on any atom is 0.257 e. The van der Waals surface area contributed by atoms with Crippen molar-refractivity contribution in [2.75, 3.05) is 39.8 Å². The fourth-order valence-electron chi connectivity index (χ4n) is 3.87. The third-order valence-corrected chi connectivity index (χ3v) is 5.08. The molecule has 3 rings (SSSR count). The molecule has 0 aliphatic carbocycles. The molecule has 0 N–H and O–H groups in total. The van der Waals surface area contributed by atoms with Crippen LogP contribution in [0.2, 0.25) is 0 Å². The van der Waals surface area contributed by atoms with Crippen LogP contribution in [0.4, 0.5) is 0 Å². The summed E-state index contributed by atoms with van der Waals surface area (Å²) in [6, 6.07) is 1.64. The highest BCUT2D eigenvalue weighted by atomic mass is 16.3. The average Bonchev–Trinajstić information content (AvgIpc) is 3.13. The first-order valence-electron chi connectivity index (χ1n) is 8.65. The summed E-state index contributed by atoms with van der Waals surface area (Å²) in [4.78, 5) is 42.8. The van der Waals surface area contributed by atoms with E-state index >= 15 is 0 Å². The number of amides is 3. The molecular weight excluding hydrogens is 322 g/mol. The standard InChI is InChI=1S/C18H25N3O4/c1-13(2)16(23)20-5-6-21(17(24)14-4-7-25-9-14)12-18(11-20)8-15(22)19(3)10-18/h4,7,9,13H,5-6,8,10-12H2,1-3H3/t18-/m1/s1. The molecule has 136 valence electrons. The van der Waals surface area contributed by atoms with E-state index in [4.69, 9.17) is 4.42 Å². The second-order valence-electron chi connectivity index (χ2n) is 7.58. The number of hydrogen-bond acceptors (Lipinski definition) is 4. The Labute approximate surface area is 147 Å². The van der Waals surface area contributed by atoms with Crippen LogP contribution in [-0.4, -0.2) is 72.2 Å². The van der Waals surface area contributed by atoms with E-state index < -0.39 is 5.41 Å². The van der Waals surface area contributed by atoms with E-state index in [1.165, 1.54) is 12.5 Å². The molecule has 25 heavy (non-hydrogen) atoms. The summed E-state index contributed by atoms with van der Waals surface area (Å²) in [5, 5.41) is 0. The van der Waals surface area contributed by atoms with E-state index in [0.717, 1.165) is 0 Å². The van der Waals surface area contributed by atoms with Gasteiger partial charge in [0.25, 0.3) is 5.91 Å². The topological polar surface area (TPSA) is 74.1 Å². The van der Waals surface area contributed by atoms with Crippen molar-refractivity contribution in [2.24, 2.45) is 11.3 Å². The quantitative estimate of drug-likeness (QED) is 0.802. The lowest BCUT2D eigenvalue weighted by Crippen LogP contribution is -2.45. The van der Waals surface area contributed by atoms with Gasteiger partial charge in [-0.25, -0.2) is 0 Å². The molecule has 7 heteroatoms. The normalized spacial score (nSPS) is 24.3. The number of nitrogens with zero attached hydrogens (tertiary/aromatic N) is 3. The maximum atomic E-state index is 12.8. The number of carbonyl (C=O) groups is 3. The molecule has 0 radical (unpaired) electrons. The van der Waals surface area contributed by atoms with Crippen LogP contribution in [0.5, 0.6) is 0 Å². The molecule has 0 bridgehead atoms. The Morgan fingerprint density at radius 1 is 1.16 bits per heavy atom. The summed E-state index contributed by atoms with van der Waals surface area (Å²) in [5.41, 5.74) is 0.0863. The second-order valence-corrected chi connectivity index (χ2v) is 7.58. The first-order chi connectivity index (χ1) is 11.8. The summed E-state index contributed by atoms with van der Waals surface area (Å²) in [7, 11) is 1.78. The van der Waals surface area contributed by atoms with Crippen LogP contribution in [0.1, 0.15) is 30.6 Å². The number of hydrogen-bond donors (Lipinski definition) is 0. The van der Waals surface area contributed by atoms with Gasteiger partial charge in [0.2, 0.25) is 11.8 Å². The van der Waals surface area contributed by atoms with Crippen molar-refractivity contribution in [1.29, 1.82) is 0 Å². The van der Waals surface area contributed by atoms with Crippen LogP contribution < -0.4 is 0 Å². The molecule has 1 spiro atoms. The van der Waals surface area contributed by atoms with Crippen molar-refractivity contribution < 1.29 is 18.8 Å². The van der Waals surface area contributed by atoms with Crippen LogP contribution in [0, 0.1) is 11.3 Å². The van der Waals surface area contributed by atoms with Crippen molar-refractivity contribution in [2.45, 2.75) is 20.3 Å². The van der Waals surface area contributed by atoms with E-state index in [2.05, 4.69) is 0 Å². The SMILES string of the molecule is CC(C)C(=O)N1CCN(C(=O)c2ccoc2)C[C@@]2(CC(=O)N(C)C2)C1. The van der Waals surface area contributed by atoms with Crippen LogP contribution in [-0.2, 0) is 9.59 Å². The van der Waals surface area contributed by atoms with Crippen LogP contribution in [0.3, 0.4) is 0 Å². The maximum absolute atomic E-state index is 12.8. The molecule has 1 atom stereocenters. The van der Waals surface area contributed by atoms with Crippen LogP contribution in [0.15, 0.2) is 23.0 Å². The molecule has 7 nitrogen and oxygen atoms in total. The second kappa shape index (κ2) is 6.54. The first kappa shape index (κ1) is 17.5. The highest BCUT2D eigenvalue weighted by Gasteiger charge is 2.47. The zero-order chi connectivity index (χ0) is 18.2. The van der Waals surface area contributed by atoms with Gasteiger partial charge in [-0.1, -0.05) is 13.8 Å². The molecule has 2 fully saturated rings. The lowest BCUT2D eigenvalue weighted by molar-refractivity contribution is -0.135. The highest BCUT2D eigenvalue weighted by Crippen LogP contribution is 2.35. The van der Waals surface area contributed by atoms with Crippen molar-refractivity contribution in [3.8, 4) is 0 Å². The Bertz CT molecular complexity index is 670. The molecule has 0 saturated carbocycles. The molecule has 1 aromatic heterocycles. The molecule has 2 aliphatic rings. The van der Waals surface area contributed by atoms with E-state index in [9.17, 15) is 14.4 Å². The average molecular weight is 347 g/mol. The third kappa shape index (κ3) is 3.41. The largest absolute Gasteiger partial charge is 0.472 e. The Hall–Kier alpha value is -2.31. The van der Waals surface area contributed by atoms with Gasteiger partial charge in [-0.2, -0.15) is 0 Å². The summed E-state index contributed by atoms with van der Waals surface area (Å²) in [6.07, 6.45) is 3.27. The van der Waals surface area contributed by atoms with E-state index in [0.29, 0.717) is 44.7 Å². The van der Waals surface area contributed by atoms with Gasteiger partial charge in [0, 0.05) is 57.5 Å². The van der Waals surface area contributed by atoms with E-state index in [1.54, 1.807) is 22.9 Å². The van der Waals surface area contributed by atoms with E-state index in [1.807, 2.05) is 18.7 Å². The van der Waals surface area contributed by atoms with Gasteiger partial charge < -0.3 is 19.1 Å². The van der Waals surface area contributed by atoms with Gasteiger partial charge in [-0.3, -0.25) is 14.4 Å². The number of carbonyl (C=O) groups excluding carboxylic acids is 3. The number of likely N-dealkylation sites (tertiary alicyclic amines) is 1. The van der Waals surface area contributed by atoms with Crippen molar-refractivity contribution in [1.82, 2.24) is 14.7 Å². The smallest absolute Gasteiger partial charge is 0.257 e. The zero-order valence-corrected chi connectivity index (χ0v) is 15.0. The first-order valence-corrected chi connectivity index (χ1v) is 8.65. The van der Waals surface area contributed by atoms with Crippen molar-refractivity contribution in [3.63, 3.8) is 0 Å². The van der Waals surface area contributed by atoms with Crippen molar-refractivity contribution in [3.05, 3.63) is 24.2 Å². The zero-order valence-electron chi connectivity index (χ0n) is 15.0. The molecule has 2 aliphatic heterocycles. The fraction of sp³-hybridized carbons (Fsp3) is 0.611. The number of furan rings is 1. The van der Waals surface area contributed by atoms with Gasteiger partial charge in [-0.05, 0) is 6.07 Å². The minimum absolute atomic E-state index is 0.0644. The summed E-state index contributed by atoms with van der Waals surface area (Å²) < 4.78 is 5.03. The van der Waals surface area contributed by atoms with Crippen molar-refractivity contribution >= 4 is 17.7 Å². The van der Waals surface area contributed by atoms with Gasteiger partial charge in [0.15, 0.2) is 0 Å². The molecule has 3 heterocycles. The molecular formula is C18H25N3O4. The monoisotopic (exact) mass is 347 g/mol. The molecule has 2 saturated heterocycles. The molecule has 3 amide bonds. The predicted octanol–water partition coefficient (Wildman–Crippen LogP) is 1.07. The van der Waals surface area contributed by atoms with Crippen LogP contribution in [0.25, 0.3) is 0 Å². The third-order valence-electron chi connectivity index (χ3n) is 5.08. The van der Waals surface area contributed by atoms with Gasteiger partial charge in [0.05, 0.1) is 11.8 Å². The summed E-state index contributed by atoms with van der Waals surface area (Å²) in [6.45, 7) is 6.23. The highest BCUT2D eigenvalue weighted by molar-refractivity contribution is 5.94. The fourth-order valence-corrected chi connectivity index (χ4v) is 3.87. The Morgan fingerprint density at radius 3 is 2.40 bits per heavy atom. The van der Waals surface area contributed by atoms with Crippen LogP contribution >= 0.6 is 0 Å². The summed E-state index contributed by atoms with van der Waals surface area (Å²) >= 11 is 0. The van der Waals surface area contributed by atoms with Gasteiger partial charge in [-0.15, -0.1) is 0 Å². The molecule has 0 unspecified atom stereocenters. The minimum atomic E-state index is -0.410. The molecule has 0 aromatic carbocycles. The Morgan fingerprint density at radius 2 is 1.84 bits per heavy atom. The lowest BCUT2D eigenvalue weighted by Gasteiger charge is -2.33. The van der Waals surface area contributed by atoms with Gasteiger partial charge in [0.1, 0.15) is 6.26 Å². The Balaban J connectivity index is 1.88. The predicted molar refractivity (Wildman–Crippen MR) is 90.7 cm³/mol. The summed E-state index contributed by atoms with van der Waals surface area (Å²) in [5.74, 6) is -0.0921. The number of rotatable bonds is 2. The lowest BCUT2D eigenvalue weighted by atomic mass is 9.85. The molecule has 1 aromatic rings. The minimum Gasteiger partial charge on any atom is -0.472 e. The Kier molecular flexibility index (Phi) is 4.58. The van der Waals surface area contributed by atoms with E-state index in [-0.39, 0.29) is 23.6 Å².